The summed E-state index contributed by atoms with van der Waals surface area (Å²) < 4.78 is 0. The van der Waals surface area contributed by atoms with E-state index in [2.05, 4.69) is 11.8 Å². The summed E-state index contributed by atoms with van der Waals surface area (Å²) >= 11 is 0. The van der Waals surface area contributed by atoms with Crippen molar-refractivity contribution in [1.82, 2.24) is 4.90 Å². The average molecular weight is 232 g/mol. The van der Waals surface area contributed by atoms with E-state index in [1.165, 1.54) is 0 Å². The minimum atomic E-state index is -0.214. The van der Waals surface area contributed by atoms with Gasteiger partial charge in [-0.3, -0.25) is 4.79 Å². The second-order valence-electron chi connectivity index (χ2n) is 5.28. The number of likely N-dealkylation sites (tertiary alicyclic amines) is 1. The lowest BCUT2D eigenvalue weighted by atomic mass is 9.81. The Kier molecular flexibility index (Phi) is 1.81. The van der Waals surface area contributed by atoms with Crippen LogP contribution in [0.3, 0.4) is 0 Å². The first kappa shape index (κ1) is 10.4. The number of aromatic hydroxyl groups is 1. The van der Waals surface area contributed by atoms with Crippen LogP contribution in [0, 0.1) is 0 Å². The fourth-order valence-corrected chi connectivity index (χ4v) is 3.44. The summed E-state index contributed by atoms with van der Waals surface area (Å²) in [5.74, 6) is 0.430. The van der Waals surface area contributed by atoms with Gasteiger partial charge in [0.15, 0.2) is 0 Å². The van der Waals surface area contributed by atoms with Crippen molar-refractivity contribution >= 4 is 11.6 Å². The Balaban J connectivity index is 2.22. The lowest BCUT2D eigenvalue weighted by molar-refractivity contribution is -0.127. The SMILES string of the molecule is CN1C(=O)C[C@]2(C)c3cc(O)ccc3N(C)[C@H]12. The minimum absolute atomic E-state index is 0.0619. The van der Waals surface area contributed by atoms with Crippen LogP contribution in [0.15, 0.2) is 18.2 Å². The zero-order chi connectivity index (χ0) is 12.4. The molecule has 0 radical (unpaired) electrons. The number of nitrogens with zero attached hydrogens (tertiary/aromatic N) is 2. The Labute approximate surface area is 100 Å². The van der Waals surface area contributed by atoms with Crippen molar-refractivity contribution in [2.45, 2.75) is 24.9 Å². The van der Waals surface area contributed by atoms with Crippen LogP contribution in [0.4, 0.5) is 5.69 Å². The standard InChI is InChI=1S/C13H16N2O2/c1-13-7-11(17)15(3)12(13)14(2)10-5-4-8(16)6-9(10)13/h4-6,12,16H,7H2,1-3H3/t12-,13-/m1/s1. The number of phenols is 1. The highest BCUT2D eigenvalue weighted by molar-refractivity contribution is 5.85. The number of hydrogen-bond donors (Lipinski definition) is 1. The van der Waals surface area contributed by atoms with Crippen LogP contribution < -0.4 is 4.90 Å². The van der Waals surface area contributed by atoms with Gasteiger partial charge in [0.05, 0.1) is 0 Å². The maximum Gasteiger partial charge on any atom is 0.225 e. The van der Waals surface area contributed by atoms with Gasteiger partial charge in [0, 0.05) is 31.6 Å². The number of fused-ring (bicyclic) bond motifs is 3. The van der Waals surface area contributed by atoms with Gasteiger partial charge in [-0.15, -0.1) is 0 Å². The number of carbonyl (C=O) groups is 1. The molecule has 4 nitrogen and oxygen atoms in total. The molecule has 0 unspecified atom stereocenters. The monoisotopic (exact) mass is 232 g/mol. The number of rotatable bonds is 0. The quantitative estimate of drug-likeness (QED) is 0.733. The molecule has 1 aromatic carbocycles. The number of likely N-dealkylation sites (N-methyl/N-ethyl adjacent to an activating group) is 2. The van der Waals surface area contributed by atoms with Crippen LogP contribution >= 0.6 is 0 Å². The molecule has 0 saturated carbocycles. The number of benzene rings is 1. The first-order chi connectivity index (χ1) is 7.95. The molecule has 2 atom stereocenters. The fraction of sp³-hybridized carbons (Fsp3) is 0.462. The molecule has 0 bridgehead atoms. The predicted octanol–water partition coefficient (Wildman–Crippen LogP) is 1.29. The minimum Gasteiger partial charge on any atom is -0.508 e. The Morgan fingerprint density at radius 2 is 2.06 bits per heavy atom. The van der Waals surface area contributed by atoms with E-state index in [9.17, 15) is 9.90 Å². The van der Waals surface area contributed by atoms with Crippen LogP contribution in [0.25, 0.3) is 0 Å². The largest absolute Gasteiger partial charge is 0.508 e. The fourth-order valence-electron chi connectivity index (χ4n) is 3.44. The number of amides is 1. The van der Waals surface area contributed by atoms with E-state index in [4.69, 9.17) is 0 Å². The zero-order valence-electron chi connectivity index (χ0n) is 10.3. The van der Waals surface area contributed by atoms with E-state index in [1.807, 2.05) is 20.2 Å². The number of anilines is 1. The van der Waals surface area contributed by atoms with Crippen LogP contribution in [-0.2, 0) is 10.2 Å². The smallest absolute Gasteiger partial charge is 0.225 e. The molecule has 0 aliphatic carbocycles. The molecule has 4 heteroatoms. The van der Waals surface area contributed by atoms with E-state index < -0.39 is 0 Å². The summed E-state index contributed by atoms with van der Waals surface area (Å²) in [6, 6.07) is 5.41. The third-order valence-electron chi connectivity index (χ3n) is 4.19. The second kappa shape index (κ2) is 2.94. The first-order valence-corrected chi connectivity index (χ1v) is 5.77. The first-order valence-electron chi connectivity index (χ1n) is 5.77. The molecule has 1 saturated heterocycles. The highest BCUT2D eigenvalue weighted by atomic mass is 16.3. The molecular weight excluding hydrogens is 216 g/mol. The van der Waals surface area contributed by atoms with Gasteiger partial charge >= 0.3 is 0 Å². The van der Waals surface area contributed by atoms with Gasteiger partial charge in [-0.05, 0) is 23.8 Å². The second-order valence-corrected chi connectivity index (χ2v) is 5.28. The number of phenolic OH excluding ortho intramolecular Hbond substituents is 1. The predicted molar refractivity (Wildman–Crippen MR) is 65.0 cm³/mol. The summed E-state index contributed by atoms with van der Waals surface area (Å²) in [7, 11) is 3.85. The van der Waals surface area contributed by atoms with Gasteiger partial charge < -0.3 is 14.9 Å². The maximum atomic E-state index is 11.9. The van der Waals surface area contributed by atoms with Crippen molar-refractivity contribution in [2.24, 2.45) is 0 Å². The normalized spacial score (nSPS) is 30.8. The van der Waals surface area contributed by atoms with Gasteiger partial charge in [-0.1, -0.05) is 6.92 Å². The van der Waals surface area contributed by atoms with Gasteiger partial charge in [0.1, 0.15) is 11.9 Å². The summed E-state index contributed by atoms with van der Waals surface area (Å²) in [6.45, 7) is 2.10. The van der Waals surface area contributed by atoms with Crippen molar-refractivity contribution in [3.8, 4) is 5.75 Å². The van der Waals surface area contributed by atoms with Gasteiger partial charge in [0.2, 0.25) is 5.91 Å². The molecule has 3 rings (SSSR count). The summed E-state index contributed by atoms with van der Waals surface area (Å²) in [6.07, 6.45) is 0.571. The van der Waals surface area contributed by atoms with Crippen molar-refractivity contribution in [1.29, 1.82) is 0 Å². The Bertz CT molecular complexity index is 514. The maximum absolute atomic E-state index is 11.9. The number of carbonyl (C=O) groups excluding carboxylic acids is 1. The molecule has 0 aromatic heterocycles. The third-order valence-corrected chi connectivity index (χ3v) is 4.19. The van der Waals surface area contributed by atoms with Gasteiger partial charge in [-0.2, -0.15) is 0 Å². The summed E-state index contributed by atoms with van der Waals surface area (Å²) in [5, 5.41) is 9.63. The molecule has 0 spiro atoms. The molecule has 2 aliphatic heterocycles. The van der Waals surface area contributed by atoms with E-state index in [0.29, 0.717) is 6.42 Å². The topological polar surface area (TPSA) is 43.8 Å². The van der Waals surface area contributed by atoms with Crippen LogP contribution in [0.5, 0.6) is 5.75 Å². The van der Waals surface area contributed by atoms with Crippen molar-refractivity contribution in [3.63, 3.8) is 0 Å². The lowest BCUT2D eigenvalue weighted by Crippen LogP contribution is -2.46. The summed E-state index contributed by atoms with van der Waals surface area (Å²) in [5.41, 5.74) is 1.96. The molecule has 2 heterocycles. The Hall–Kier alpha value is -1.71. The molecular formula is C13H16N2O2. The lowest BCUT2D eigenvalue weighted by Gasteiger charge is -2.32. The van der Waals surface area contributed by atoms with Crippen molar-refractivity contribution < 1.29 is 9.90 Å². The van der Waals surface area contributed by atoms with Gasteiger partial charge in [0.25, 0.3) is 0 Å². The number of hydrogen-bond acceptors (Lipinski definition) is 3. The molecule has 90 valence electrons. The Morgan fingerprint density at radius 3 is 2.76 bits per heavy atom. The third kappa shape index (κ3) is 1.10. The average Bonchev–Trinajstić information content (AvgIpc) is 2.61. The van der Waals surface area contributed by atoms with Crippen LogP contribution in [0.2, 0.25) is 0 Å². The van der Waals surface area contributed by atoms with E-state index >= 15 is 0 Å². The van der Waals surface area contributed by atoms with E-state index in [0.717, 1.165) is 11.3 Å². The molecule has 1 amide bonds. The molecule has 17 heavy (non-hydrogen) atoms. The van der Waals surface area contributed by atoms with Crippen LogP contribution in [-0.4, -0.2) is 36.2 Å². The van der Waals surface area contributed by atoms with Gasteiger partial charge in [-0.25, -0.2) is 0 Å². The molecule has 2 aliphatic rings. The van der Waals surface area contributed by atoms with Crippen molar-refractivity contribution in [2.75, 3.05) is 19.0 Å². The molecule has 1 N–H and O–H groups in total. The van der Waals surface area contributed by atoms with Crippen molar-refractivity contribution in [3.05, 3.63) is 23.8 Å². The Morgan fingerprint density at radius 1 is 1.35 bits per heavy atom. The van der Waals surface area contributed by atoms with E-state index in [-0.39, 0.29) is 23.2 Å². The highest BCUT2D eigenvalue weighted by Gasteiger charge is 2.55. The zero-order valence-corrected chi connectivity index (χ0v) is 10.3. The van der Waals surface area contributed by atoms with E-state index in [1.54, 1.807) is 17.0 Å². The molecule has 1 fully saturated rings. The molecule has 1 aromatic rings. The van der Waals surface area contributed by atoms with Crippen LogP contribution in [0.1, 0.15) is 18.9 Å². The highest BCUT2D eigenvalue weighted by Crippen LogP contribution is 2.51. The summed E-state index contributed by atoms with van der Waals surface area (Å²) in [4.78, 5) is 15.8.